The lowest BCUT2D eigenvalue weighted by Gasteiger charge is -2.22. The highest BCUT2D eigenvalue weighted by atomic mass is 16.6. The average molecular weight is 302 g/mol. The molecule has 0 bridgehead atoms. The first-order valence-corrected chi connectivity index (χ1v) is 6.48. The smallest absolute Gasteiger partial charge is 0.330 e. The fourth-order valence-corrected chi connectivity index (χ4v) is 2.24. The molecule has 1 aliphatic heterocycles. The van der Waals surface area contributed by atoms with Gasteiger partial charge in [-0.3, -0.25) is 14.3 Å². The first-order valence-electron chi connectivity index (χ1n) is 6.48. The number of ether oxygens (including phenoxy) is 2. The molecular formula is C12H18N2O7. The molecule has 2 heterocycles. The van der Waals surface area contributed by atoms with Gasteiger partial charge in [-0.05, 0) is 6.92 Å². The number of rotatable bonds is 5. The van der Waals surface area contributed by atoms with Gasteiger partial charge in [0.15, 0.2) is 6.23 Å². The monoisotopic (exact) mass is 302 g/mol. The van der Waals surface area contributed by atoms with Gasteiger partial charge in [0.05, 0.1) is 19.8 Å². The molecule has 1 aromatic heterocycles. The SMILES string of the molecule is Cc1cn([C@H]2O[C@@H](CO)C(O)C2OCCO)c(=O)[nH]c1=O. The summed E-state index contributed by atoms with van der Waals surface area (Å²) >= 11 is 0. The number of aromatic nitrogens is 2. The van der Waals surface area contributed by atoms with E-state index in [1.54, 1.807) is 0 Å². The minimum Gasteiger partial charge on any atom is -0.394 e. The highest BCUT2D eigenvalue weighted by Gasteiger charge is 2.45. The summed E-state index contributed by atoms with van der Waals surface area (Å²) in [7, 11) is 0. The van der Waals surface area contributed by atoms with Crippen molar-refractivity contribution in [3.8, 4) is 0 Å². The van der Waals surface area contributed by atoms with Gasteiger partial charge in [-0.25, -0.2) is 4.79 Å². The zero-order valence-corrected chi connectivity index (χ0v) is 11.4. The van der Waals surface area contributed by atoms with E-state index in [9.17, 15) is 19.8 Å². The van der Waals surface area contributed by atoms with Crippen LogP contribution in [-0.4, -0.2) is 63.0 Å². The standard InChI is InChI=1S/C12H18N2O7/c1-6-4-14(12(19)13-10(6)18)11-9(20-3-2-15)8(17)7(5-16)21-11/h4,7-9,11,15-17H,2-3,5H2,1H3,(H,13,18,19)/t7-,8?,9?,11-/m0/s1. The van der Waals surface area contributed by atoms with Crippen LogP contribution in [-0.2, 0) is 9.47 Å². The molecule has 1 aromatic rings. The molecule has 9 heteroatoms. The van der Waals surface area contributed by atoms with E-state index in [4.69, 9.17) is 14.6 Å². The van der Waals surface area contributed by atoms with Crippen LogP contribution in [0.2, 0.25) is 0 Å². The maximum Gasteiger partial charge on any atom is 0.330 e. The number of hydrogen-bond acceptors (Lipinski definition) is 7. The summed E-state index contributed by atoms with van der Waals surface area (Å²) in [5.41, 5.74) is -0.929. The number of nitrogens with one attached hydrogen (secondary N) is 1. The number of aryl methyl sites for hydroxylation is 1. The lowest BCUT2D eigenvalue weighted by molar-refractivity contribution is -0.0797. The second-order valence-corrected chi connectivity index (χ2v) is 4.78. The van der Waals surface area contributed by atoms with Crippen molar-refractivity contribution in [3.05, 3.63) is 32.6 Å². The van der Waals surface area contributed by atoms with Gasteiger partial charge in [0.25, 0.3) is 5.56 Å². The molecule has 4 atom stereocenters. The van der Waals surface area contributed by atoms with Crippen molar-refractivity contribution in [2.24, 2.45) is 0 Å². The molecule has 0 aliphatic carbocycles. The largest absolute Gasteiger partial charge is 0.394 e. The van der Waals surface area contributed by atoms with E-state index in [2.05, 4.69) is 4.98 Å². The summed E-state index contributed by atoms with van der Waals surface area (Å²) in [5.74, 6) is 0. The molecule has 0 spiro atoms. The Morgan fingerprint density at radius 3 is 2.76 bits per heavy atom. The van der Waals surface area contributed by atoms with Gasteiger partial charge >= 0.3 is 5.69 Å². The molecule has 1 fully saturated rings. The van der Waals surface area contributed by atoms with Crippen molar-refractivity contribution in [2.45, 2.75) is 31.5 Å². The zero-order chi connectivity index (χ0) is 15.6. The van der Waals surface area contributed by atoms with E-state index in [0.717, 1.165) is 4.57 Å². The molecule has 2 rings (SSSR count). The van der Waals surface area contributed by atoms with Gasteiger partial charge < -0.3 is 24.8 Å². The van der Waals surface area contributed by atoms with E-state index < -0.39 is 42.4 Å². The molecule has 118 valence electrons. The average Bonchev–Trinajstić information content (AvgIpc) is 2.77. The summed E-state index contributed by atoms with van der Waals surface area (Å²) in [6.07, 6.45) is -2.74. The fraction of sp³-hybridized carbons (Fsp3) is 0.667. The lowest BCUT2D eigenvalue weighted by Crippen LogP contribution is -2.40. The van der Waals surface area contributed by atoms with E-state index in [0.29, 0.717) is 5.56 Å². The minimum absolute atomic E-state index is 0.0587. The molecule has 2 unspecified atom stereocenters. The van der Waals surface area contributed by atoms with Crippen LogP contribution in [0.5, 0.6) is 0 Å². The second-order valence-electron chi connectivity index (χ2n) is 4.78. The maximum atomic E-state index is 11.9. The Balaban J connectivity index is 2.37. The van der Waals surface area contributed by atoms with Crippen molar-refractivity contribution in [1.29, 1.82) is 0 Å². The molecule has 0 amide bonds. The van der Waals surface area contributed by atoms with E-state index in [1.165, 1.54) is 13.1 Å². The van der Waals surface area contributed by atoms with Crippen molar-refractivity contribution in [2.75, 3.05) is 19.8 Å². The van der Waals surface area contributed by atoms with Gasteiger partial charge in [0.1, 0.15) is 18.3 Å². The van der Waals surface area contributed by atoms with Crippen molar-refractivity contribution in [3.63, 3.8) is 0 Å². The summed E-state index contributed by atoms with van der Waals surface area (Å²) in [6.45, 7) is 0.747. The van der Waals surface area contributed by atoms with Gasteiger partial charge in [-0.2, -0.15) is 0 Å². The Labute approximate surface area is 119 Å². The molecule has 1 saturated heterocycles. The molecule has 0 radical (unpaired) electrons. The molecule has 4 N–H and O–H groups in total. The quantitative estimate of drug-likeness (QED) is 0.471. The van der Waals surface area contributed by atoms with Crippen LogP contribution >= 0.6 is 0 Å². The van der Waals surface area contributed by atoms with E-state index in [1.807, 2.05) is 0 Å². The Bertz CT molecular complexity index is 596. The van der Waals surface area contributed by atoms with Gasteiger partial charge in [-0.15, -0.1) is 0 Å². The third kappa shape index (κ3) is 3.06. The molecule has 0 saturated carbocycles. The van der Waals surface area contributed by atoms with Crippen LogP contribution < -0.4 is 11.2 Å². The van der Waals surface area contributed by atoms with Crippen molar-refractivity contribution >= 4 is 0 Å². The zero-order valence-electron chi connectivity index (χ0n) is 11.4. The highest BCUT2D eigenvalue weighted by Crippen LogP contribution is 2.30. The summed E-state index contributed by atoms with van der Waals surface area (Å²) in [5, 5.41) is 28.0. The van der Waals surface area contributed by atoms with Gasteiger partial charge in [0, 0.05) is 11.8 Å². The third-order valence-corrected chi connectivity index (χ3v) is 3.31. The van der Waals surface area contributed by atoms with Crippen LogP contribution in [0.4, 0.5) is 0 Å². The maximum absolute atomic E-state index is 11.9. The minimum atomic E-state index is -1.16. The van der Waals surface area contributed by atoms with Crippen LogP contribution in [0.1, 0.15) is 11.8 Å². The topological polar surface area (TPSA) is 134 Å². The first kappa shape index (κ1) is 15.9. The van der Waals surface area contributed by atoms with Gasteiger partial charge in [-0.1, -0.05) is 0 Å². The molecule has 1 aliphatic rings. The molecular weight excluding hydrogens is 284 g/mol. The number of H-pyrrole nitrogens is 1. The first-order chi connectivity index (χ1) is 9.99. The Morgan fingerprint density at radius 1 is 1.43 bits per heavy atom. The molecule has 0 aromatic carbocycles. The third-order valence-electron chi connectivity index (χ3n) is 3.31. The Kier molecular flexibility index (Phi) is 4.91. The predicted octanol–water partition coefficient (Wildman–Crippen LogP) is -2.53. The Hall–Kier alpha value is -1.52. The molecule has 21 heavy (non-hydrogen) atoms. The number of nitrogens with zero attached hydrogens (tertiary/aromatic N) is 1. The van der Waals surface area contributed by atoms with E-state index in [-0.39, 0.29) is 13.2 Å². The fourth-order valence-electron chi connectivity index (χ4n) is 2.24. The van der Waals surface area contributed by atoms with Crippen LogP contribution in [0, 0.1) is 6.92 Å². The summed E-state index contributed by atoms with van der Waals surface area (Å²) < 4.78 is 11.8. The highest BCUT2D eigenvalue weighted by molar-refractivity contribution is 5.03. The Morgan fingerprint density at radius 2 is 2.14 bits per heavy atom. The normalized spacial score (nSPS) is 29.0. The van der Waals surface area contributed by atoms with E-state index >= 15 is 0 Å². The molecule has 9 nitrogen and oxygen atoms in total. The van der Waals surface area contributed by atoms with Gasteiger partial charge in [0.2, 0.25) is 0 Å². The van der Waals surface area contributed by atoms with Crippen LogP contribution in [0.3, 0.4) is 0 Å². The number of hydrogen-bond donors (Lipinski definition) is 4. The number of aliphatic hydroxyl groups excluding tert-OH is 3. The number of aromatic amines is 1. The second kappa shape index (κ2) is 6.50. The van der Waals surface area contributed by atoms with Crippen molar-refractivity contribution in [1.82, 2.24) is 9.55 Å². The predicted molar refractivity (Wildman–Crippen MR) is 69.9 cm³/mol. The lowest BCUT2D eigenvalue weighted by atomic mass is 10.1. The van der Waals surface area contributed by atoms with Crippen molar-refractivity contribution < 1.29 is 24.8 Å². The van der Waals surface area contributed by atoms with Crippen LogP contribution in [0.15, 0.2) is 15.8 Å². The van der Waals surface area contributed by atoms with Crippen LogP contribution in [0.25, 0.3) is 0 Å². The summed E-state index contributed by atoms with van der Waals surface area (Å²) in [4.78, 5) is 25.4. The number of aliphatic hydroxyl groups is 3. The summed E-state index contributed by atoms with van der Waals surface area (Å²) in [6, 6.07) is 0.